The van der Waals surface area contributed by atoms with Crippen molar-refractivity contribution >= 4 is 37.5 Å². The van der Waals surface area contributed by atoms with Crippen molar-refractivity contribution < 1.29 is 5.11 Å². The molecule has 15 heavy (non-hydrogen) atoms. The first kappa shape index (κ1) is 11.4. The van der Waals surface area contributed by atoms with Gasteiger partial charge >= 0.3 is 0 Å². The molecule has 2 atom stereocenters. The largest absolute Gasteiger partial charge is 0.391 e. The van der Waals surface area contributed by atoms with E-state index in [0.29, 0.717) is 0 Å². The molecule has 4 heteroatoms. The fraction of sp³-hybridized carbons (Fsp3) is 0.455. The molecule has 0 aromatic heterocycles. The maximum Gasteiger partial charge on any atom is 0.0741 e. The number of benzene rings is 1. The lowest BCUT2D eigenvalue weighted by atomic mass is 10.2. The van der Waals surface area contributed by atoms with E-state index in [1.54, 1.807) is 0 Å². The van der Waals surface area contributed by atoms with Crippen molar-refractivity contribution in [2.75, 3.05) is 5.32 Å². The standard InChI is InChI=1S/C11H13Br2NO/c12-7-4-5-8(13)10(6-7)14-9-2-1-3-11(9)15/h4-6,9,11,14-15H,1-3H2/t9-,11-/m0/s1. The number of hydrogen-bond donors (Lipinski definition) is 2. The van der Waals surface area contributed by atoms with Crippen LogP contribution in [0.5, 0.6) is 0 Å². The lowest BCUT2D eigenvalue weighted by molar-refractivity contribution is 0.172. The summed E-state index contributed by atoms with van der Waals surface area (Å²) < 4.78 is 2.07. The molecule has 82 valence electrons. The molecule has 0 heterocycles. The Bertz CT molecular complexity index is 356. The van der Waals surface area contributed by atoms with Gasteiger partial charge in [-0.15, -0.1) is 0 Å². The number of aliphatic hydroxyl groups excluding tert-OH is 1. The molecule has 1 saturated carbocycles. The molecule has 2 nitrogen and oxygen atoms in total. The molecule has 1 aliphatic rings. The van der Waals surface area contributed by atoms with Gasteiger partial charge in [-0.25, -0.2) is 0 Å². The number of halogens is 2. The maximum atomic E-state index is 9.72. The highest BCUT2D eigenvalue weighted by molar-refractivity contribution is 9.11. The van der Waals surface area contributed by atoms with Crippen molar-refractivity contribution in [2.24, 2.45) is 0 Å². The summed E-state index contributed by atoms with van der Waals surface area (Å²) in [5, 5.41) is 13.1. The number of nitrogens with one attached hydrogen (secondary N) is 1. The Morgan fingerprint density at radius 2 is 2.07 bits per heavy atom. The van der Waals surface area contributed by atoms with Gasteiger partial charge in [-0.3, -0.25) is 0 Å². The summed E-state index contributed by atoms with van der Waals surface area (Å²) in [5.74, 6) is 0. The van der Waals surface area contributed by atoms with Crippen LogP contribution in [0.2, 0.25) is 0 Å². The van der Waals surface area contributed by atoms with Crippen molar-refractivity contribution in [3.63, 3.8) is 0 Å². The van der Waals surface area contributed by atoms with Crippen LogP contribution in [0.4, 0.5) is 5.69 Å². The molecule has 2 rings (SSSR count). The van der Waals surface area contributed by atoms with Gasteiger partial charge in [0.25, 0.3) is 0 Å². The summed E-state index contributed by atoms with van der Waals surface area (Å²) in [6.07, 6.45) is 2.84. The van der Waals surface area contributed by atoms with Crippen molar-refractivity contribution in [2.45, 2.75) is 31.4 Å². The van der Waals surface area contributed by atoms with Crippen molar-refractivity contribution in [3.8, 4) is 0 Å². The Morgan fingerprint density at radius 3 is 2.73 bits per heavy atom. The van der Waals surface area contributed by atoms with Gasteiger partial charge in [-0.1, -0.05) is 15.9 Å². The smallest absolute Gasteiger partial charge is 0.0741 e. The van der Waals surface area contributed by atoms with Crippen LogP contribution < -0.4 is 5.32 Å². The Hall–Kier alpha value is -0.0600. The summed E-state index contributed by atoms with van der Waals surface area (Å²) in [6.45, 7) is 0. The van der Waals surface area contributed by atoms with Gasteiger partial charge in [0.2, 0.25) is 0 Å². The summed E-state index contributed by atoms with van der Waals surface area (Å²) in [7, 11) is 0. The third kappa shape index (κ3) is 2.74. The predicted molar refractivity (Wildman–Crippen MR) is 69.1 cm³/mol. The van der Waals surface area contributed by atoms with E-state index in [9.17, 15) is 5.11 Å². The fourth-order valence-electron chi connectivity index (χ4n) is 1.92. The molecule has 1 fully saturated rings. The van der Waals surface area contributed by atoms with Gasteiger partial charge in [0.05, 0.1) is 12.1 Å². The first-order valence-corrected chi connectivity index (χ1v) is 6.65. The second-order valence-electron chi connectivity index (χ2n) is 3.87. The van der Waals surface area contributed by atoms with Gasteiger partial charge < -0.3 is 10.4 Å². The molecule has 0 radical (unpaired) electrons. The van der Waals surface area contributed by atoms with E-state index < -0.39 is 0 Å². The molecule has 0 unspecified atom stereocenters. The second-order valence-corrected chi connectivity index (χ2v) is 5.64. The van der Waals surface area contributed by atoms with Gasteiger partial charge in [0.1, 0.15) is 0 Å². The van der Waals surface area contributed by atoms with Crippen molar-refractivity contribution in [3.05, 3.63) is 27.1 Å². The summed E-state index contributed by atoms with van der Waals surface area (Å²) in [6, 6.07) is 6.19. The zero-order valence-corrected chi connectivity index (χ0v) is 11.4. The van der Waals surface area contributed by atoms with E-state index in [2.05, 4.69) is 37.2 Å². The van der Waals surface area contributed by atoms with E-state index >= 15 is 0 Å². The number of rotatable bonds is 2. The average molecular weight is 335 g/mol. The molecule has 2 N–H and O–H groups in total. The normalized spacial score (nSPS) is 25.5. The van der Waals surface area contributed by atoms with Crippen LogP contribution >= 0.6 is 31.9 Å². The zero-order chi connectivity index (χ0) is 10.8. The van der Waals surface area contributed by atoms with Gasteiger partial charge in [-0.2, -0.15) is 0 Å². The molecular formula is C11H13Br2NO. The van der Waals surface area contributed by atoms with Crippen LogP contribution in [0.15, 0.2) is 27.1 Å². The Balaban J connectivity index is 2.12. The average Bonchev–Trinajstić information content (AvgIpc) is 2.58. The van der Waals surface area contributed by atoms with Crippen molar-refractivity contribution in [1.29, 1.82) is 0 Å². The van der Waals surface area contributed by atoms with E-state index in [4.69, 9.17) is 0 Å². The quantitative estimate of drug-likeness (QED) is 0.867. The Labute approximate surface area is 106 Å². The van der Waals surface area contributed by atoms with Gasteiger partial charge in [0, 0.05) is 14.6 Å². The molecular weight excluding hydrogens is 322 g/mol. The van der Waals surface area contributed by atoms with Crippen LogP contribution in [0.3, 0.4) is 0 Å². The third-order valence-corrected chi connectivity index (χ3v) is 3.93. The van der Waals surface area contributed by atoms with E-state index in [0.717, 1.165) is 33.9 Å². The summed E-state index contributed by atoms with van der Waals surface area (Å²) in [4.78, 5) is 0. The topological polar surface area (TPSA) is 32.3 Å². The van der Waals surface area contributed by atoms with Crippen LogP contribution in [-0.2, 0) is 0 Å². The lowest BCUT2D eigenvalue weighted by Crippen LogP contribution is -2.28. The number of anilines is 1. The molecule has 1 aromatic rings. The van der Waals surface area contributed by atoms with Crippen LogP contribution in [0.1, 0.15) is 19.3 Å². The molecule has 0 amide bonds. The summed E-state index contributed by atoms with van der Waals surface area (Å²) >= 11 is 6.93. The van der Waals surface area contributed by atoms with Crippen LogP contribution in [0, 0.1) is 0 Å². The lowest BCUT2D eigenvalue weighted by Gasteiger charge is -2.18. The second kappa shape index (κ2) is 4.85. The monoisotopic (exact) mass is 333 g/mol. The Morgan fingerprint density at radius 1 is 1.27 bits per heavy atom. The van der Waals surface area contributed by atoms with Crippen LogP contribution in [0.25, 0.3) is 0 Å². The molecule has 0 saturated heterocycles. The van der Waals surface area contributed by atoms with E-state index in [1.807, 2.05) is 18.2 Å². The Kier molecular flexibility index (Phi) is 3.69. The highest BCUT2D eigenvalue weighted by Gasteiger charge is 2.25. The van der Waals surface area contributed by atoms with E-state index in [-0.39, 0.29) is 12.1 Å². The highest BCUT2D eigenvalue weighted by Crippen LogP contribution is 2.30. The number of hydrogen-bond acceptors (Lipinski definition) is 2. The molecule has 0 bridgehead atoms. The molecule has 0 spiro atoms. The van der Waals surface area contributed by atoms with Gasteiger partial charge in [-0.05, 0) is 53.4 Å². The minimum atomic E-state index is -0.212. The van der Waals surface area contributed by atoms with E-state index in [1.165, 1.54) is 0 Å². The van der Waals surface area contributed by atoms with Crippen molar-refractivity contribution in [1.82, 2.24) is 0 Å². The molecule has 0 aliphatic heterocycles. The minimum absolute atomic E-state index is 0.190. The van der Waals surface area contributed by atoms with Crippen LogP contribution in [-0.4, -0.2) is 17.3 Å². The highest BCUT2D eigenvalue weighted by atomic mass is 79.9. The van der Waals surface area contributed by atoms with Gasteiger partial charge in [0.15, 0.2) is 0 Å². The number of aliphatic hydroxyl groups is 1. The first-order valence-electron chi connectivity index (χ1n) is 5.06. The summed E-state index contributed by atoms with van der Waals surface area (Å²) in [5.41, 5.74) is 1.04. The first-order chi connectivity index (χ1) is 7.16. The zero-order valence-electron chi connectivity index (χ0n) is 8.21. The molecule has 1 aliphatic carbocycles. The minimum Gasteiger partial charge on any atom is -0.391 e. The SMILES string of the molecule is O[C@H]1CCC[C@@H]1Nc1cc(Br)ccc1Br. The predicted octanol–water partition coefficient (Wildman–Crippen LogP) is 3.54. The maximum absolute atomic E-state index is 9.72. The molecule has 1 aromatic carbocycles. The third-order valence-electron chi connectivity index (χ3n) is 2.75. The fourth-order valence-corrected chi connectivity index (χ4v) is 2.64.